The number of nitrogens with zero attached hydrogens (tertiary/aromatic N) is 3. The van der Waals surface area contributed by atoms with Crippen LogP contribution in [0, 0.1) is 0 Å². The van der Waals surface area contributed by atoms with E-state index in [0.717, 1.165) is 58.7 Å². The topological polar surface area (TPSA) is 56.7 Å². The van der Waals surface area contributed by atoms with Crippen molar-refractivity contribution in [3.8, 4) is 0 Å². The van der Waals surface area contributed by atoms with E-state index in [4.69, 9.17) is 10.7 Å². The molecule has 0 unspecified atom stereocenters. The van der Waals surface area contributed by atoms with Crippen LogP contribution in [0.3, 0.4) is 0 Å². The molecule has 3 aromatic rings. The van der Waals surface area contributed by atoms with Gasteiger partial charge in [-0.1, -0.05) is 38.5 Å². The van der Waals surface area contributed by atoms with Crippen LogP contribution in [0.2, 0.25) is 0 Å². The molecule has 0 saturated carbocycles. The summed E-state index contributed by atoms with van der Waals surface area (Å²) in [5.74, 6) is 3.92. The summed E-state index contributed by atoms with van der Waals surface area (Å²) < 4.78 is 2.37. The van der Waals surface area contributed by atoms with Gasteiger partial charge in [-0.15, -0.1) is 0 Å². The molecule has 0 aliphatic carbocycles. The highest BCUT2D eigenvalue weighted by molar-refractivity contribution is 7.99. The minimum absolute atomic E-state index is 0.540. The van der Waals surface area contributed by atoms with E-state index < -0.39 is 0 Å². The van der Waals surface area contributed by atoms with E-state index >= 15 is 0 Å². The summed E-state index contributed by atoms with van der Waals surface area (Å²) in [6, 6.07) is 8.21. The molecule has 0 bridgehead atoms. The molecule has 0 saturated heterocycles. The van der Waals surface area contributed by atoms with Crippen molar-refractivity contribution in [3.05, 3.63) is 30.1 Å². The van der Waals surface area contributed by atoms with Gasteiger partial charge in [-0.3, -0.25) is 0 Å². The molecule has 0 radical (unpaired) electrons. The molecule has 2 heterocycles. The Labute approximate surface area is 141 Å². The van der Waals surface area contributed by atoms with Gasteiger partial charge in [0, 0.05) is 24.1 Å². The lowest BCUT2D eigenvalue weighted by Gasteiger charge is -2.10. The first-order chi connectivity index (χ1) is 11.3. The maximum Gasteiger partial charge on any atom is 0.152 e. The van der Waals surface area contributed by atoms with Gasteiger partial charge in [-0.2, -0.15) is 11.8 Å². The Kier molecular flexibility index (Phi) is 5.06. The average Bonchev–Trinajstić information content (AvgIpc) is 2.93. The van der Waals surface area contributed by atoms with Gasteiger partial charge < -0.3 is 10.3 Å². The summed E-state index contributed by atoms with van der Waals surface area (Å²) >= 11 is 1.96. The summed E-state index contributed by atoms with van der Waals surface area (Å²) in [7, 11) is 0. The highest BCUT2D eigenvalue weighted by Gasteiger charge is 2.16. The van der Waals surface area contributed by atoms with Gasteiger partial charge in [0.2, 0.25) is 0 Å². The molecule has 0 aliphatic rings. The fraction of sp³-hybridized carbons (Fsp3) is 0.444. The van der Waals surface area contributed by atoms with Gasteiger partial charge in [0.1, 0.15) is 11.3 Å². The van der Waals surface area contributed by atoms with E-state index in [0.29, 0.717) is 5.82 Å². The molecule has 0 fully saturated rings. The maximum atomic E-state index is 6.20. The summed E-state index contributed by atoms with van der Waals surface area (Å²) in [6.07, 6.45) is 3.31. The molecule has 5 heteroatoms. The number of thioether (sulfide) groups is 1. The third-order valence-electron chi connectivity index (χ3n) is 4.11. The Bertz CT molecular complexity index is 809. The smallest absolute Gasteiger partial charge is 0.152 e. The van der Waals surface area contributed by atoms with Gasteiger partial charge in [-0.05, 0) is 18.2 Å². The van der Waals surface area contributed by atoms with Crippen molar-refractivity contribution in [2.45, 2.75) is 39.7 Å². The van der Waals surface area contributed by atoms with Crippen molar-refractivity contribution in [2.75, 3.05) is 17.2 Å². The minimum atomic E-state index is 0.540. The van der Waals surface area contributed by atoms with E-state index in [-0.39, 0.29) is 0 Å². The number of hydrogen-bond acceptors (Lipinski definition) is 4. The van der Waals surface area contributed by atoms with Crippen LogP contribution in [0.15, 0.2) is 24.3 Å². The van der Waals surface area contributed by atoms with Crippen LogP contribution in [0.4, 0.5) is 5.82 Å². The van der Waals surface area contributed by atoms with Crippen LogP contribution in [-0.2, 0) is 13.0 Å². The number of unbranched alkanes of at least 4 members (excludes halogenated alkanes) is 1. The van der Waals surface area contributed by atoms with Gasteiger partial charge >= 0.3 is 0 Å². The lowest BCUT2D eigenvalue weighted by Crippen LogP contribution is -2.06. The van der Waals surface area contributed by atoms with E-state index in [1.165, 1.54) is 6.42 Å². The molecule has 0 amide bonds. The fourth-order valence-electron chi connectivity index (χ4n) is 2.97. The number of aromatic nitrogens is 3. The zero-order valence-electron chi connectivity index (χ0n) is 13.9. The maximum absolute atomic E-state index is 6.20. The summed E-state index contributed by atoms with van der Waals surface area (Å²) in [4.78, 5) is 9.38. The van der Waals surface area contributed by atoms with Crippen LogP contribution < -0.4 is 5.73 Å². The molecular weight excluding hydrogens is 304 g/mol. The monoisotopic (exact) mass is 328 g/mol. The molecule has 4 nitrogen and oxygen atoms in total. The molecule has 0 spiro atoms. The average molecular weight is 328 g/mol. The van der Waals surface area contributed by atoms with Gasteiger partial charge in [-0.25, -0.2) is 9.97 Å². The number of para-hydroxylation sites is 1. The van der Waals surface area contributed by atoms with Crippen molar-refractivity contribution in [3.63, 3.8) is 0 Å². The predicted octanol–water partition coefficient (Wildman–Crippen LogP) is 4.26. The molecule has 3 rings (SSSR count). The van der Waals surface area contributed by atoms with Crippen molar-refractivity contribution in [1.82, 2.24) is 14.5 Å². The Morgan fingerprint density at radius 2 is 2.00 bits per heavy atom. The number of nitrogen functional groups attached to an aromatic ring is 1. The second-order valence-corrected chi connectivity index (χ2v) is 7.09. The number of hydrogen-bond donors (Lipinski definition) is 1. The molecule has 2 N–H and O–H groups in total. The summed E-state index contributed by atoms with van der Waals surface area (Å²) in [6.45, 7) is 5.39. The number of benzene rings is 1. The normalized spacial score (nSPS) is 11.6. The Morgan fingerprint density at radius 1 is 1.17 bits per heavy atom. The Hall–Kier alpha value is -1.75. The quantitative estimate of drug-likeness (QED) is 0.658. The van der Waals surface area contributed by atoms with Crippen molar-refractivity contribution >= 4 is 39.5 Å². The van der Waals surface area contributed by atoms with Crippen molar-refractivity contribution in [1.29, 1.82) is 0 Å². The SMILES string of the molecule is CCCCc1nc2c(N)nc3ccccc3c2n1CCSCC. The van der Waals surface area contributed by atoms with Crippen LogP contribution in [-0.4, -0.2) is 26.0 Å². The molecule has 122 valence electrons. The van der Waals surface area contributed by atoms with Crippen molar-refractivity contribution < 1.29 is 0 Å². The zero-order chi connectivity index (χ0) is 16.2. The van der Waals surface area contributed by atoms with E-state index in [9.17, 15) is 0 Å². The standard InChI is InChI=1S/C18H24N4S/c1-3-5-10-15-21-16-17(22(15)11-12-23-4-2)13-8-6-7-9-14(13)20-18(16)19/h6-9H,3-5,10-12H2,1-2H3,(H2,19,20). The number of aryl methyl sites for hydroxylation is 2. The predicted molar refractivity (Wildman–Crippen MR) is 101 cm³/mol. The van der Waals surface area contributed by atoms with Crippen LogP contribution in [0.25, 0.3) is 21.9 Å². The second-order valence-electron chi connectivity index (χ2n) is 5.69. The first kappa shape index (κ1) is 16.1. The third kappa shape index (κ3) is 3.15. The summed E-state index contributed by atoms with van der Waals surface area (Å²) in [5, 5.41) is 1.15. The molecule has 1 aromatic carbocycles. The fourth-order valence-corrected chi connectivity index (χ4v) is 3.57. The number of rotatable bonds is 7. The zero-order valence-corrected chi connectivity index (χ0v) is 14.7. The van der Waals surface area contributed by atoms with E-state index in [1.807, 2.05) is 23.9 Å². The highest BCUT2D eigenvalue weighted by atomic mass is 32.2. The minimum Gasteiger partial charge on any atom is -0.382 e. The van der Waals surface area contributed by atoms with Gasteiger partial charge in [0.15, 0.2) is 5.82 Å². The van der Waals surface area contributed by atoms with Crippen LogP contribution in [0.1, 0.15) is 32.5 Å². The molecule has 2 aromatic heterocycles. The first-order valence-electron chi connectivity index (χ1n) is 8.37. The number of pyridine rings is 1. The van der Waals surface area contributed by atoms with Crippen molar-refractivity contribution in [2.24, 2.45) is 0 Å². The third-order valence-corrected chi connectivity index (χ3v) is 4.99. The second kappa shape index (κ2) is 7.21. The molecular formula is C18H24N4S. The Balaban J connectivity index is 2.19. The van der Waals surface area contributed by atoms with E-state index in [1.54, 1.807) is 0 Å². The molecule has 0 atom stereocenters. The lowest BCUT2D eigenvalue weighted by molar-refractivity contribution is 0.680. The highest BCUT2D eigenvalue weighted by Crippen LogP contribution is 2.29. The molecule has 23 heavy (non-hydrogen) atoms. The summed E-state index contributed by atoms with van der Waals surface area (Å²) in [5.41, 5.74) is 9.15. The number of imidazole rings is 1. The largest absolute Gasteiger partial charge is 0.382 e. The van der Waals surface area contributed by atoms with Crippen LogP contribution in [0.5, 0.6) is 0 Å². The lowest BCUT2D eigenvalue weighted by atomic mass is 10.2. The number of anilines is 1. The number of fused-ring (bicyclic) bond motifs is 3. The van der Waals surface area contributed by atoms with Gasteiger partial charge in [0.25, 0.3) is 0 Å². The Morgan fingerprint density at radius 3 is 2.78 bits per heavy atom. The van der Waals surface area contributed by atoms with E-state index in [2.05, 4.69) is 35.5 Å². The number of nitrogens with two attached hydrogens (primary N) is 1. The van der Waals surface area contributed by atoms with Crippen LogP contribution >= 0.6 is 11.8 Å². The molecule has 0 aliphatic heterocycles. The first-order valence-corrected chi connectivity index (χ1v) is 9.52. The van der Waals surface area contributed by atoms with Gasteiger partial charge in [0.05, 0.1) is 11.0 Å².